The van der Waals surface area contributed by atoms with E-state index in [2.05, 4.69) is 12.2 Å². The predicted octanol–water partition coefficient (Wildman–Crippen LogP) is 2.12. The number of amides is 2. The van der Waals surface area contributed by atoms with Crippen LogP contribution in [0.4, 0.5) is 0 Å². The van der Waals surface area contributed by atoms with Crippen LogP contribution in [0.2, 0.25) is 0 Å². The largest absolute Gasteiger partial charge is 0.282 e. The minimum absolute atomic E-state index is 0.0188. The van der Waals surface area contributed by atoms with Crippen LogP contribution in [-0.4, -0.2) is 28.5 Å². The van der Waals surface area contributed by atoms with Gasteiger partial charge in [-0.05, 0) is 42.7 Å². The number of rotatable bonds is 6. The first-order valence-corrected chi connectivity index (χ1v) is 7.69. The van der Waals surface area contributed by atoms with Crippen molar-refractivity contribution in [2.75, 3.05) is 6.54 Å². The van der Waals surface area contributed by atoms with Crippen LogP contribution in [-0.2, 0) is 14.4 Å². The first kappa shape index (κ1) is 13.8. The van der Waals surface area contributed by atoms with Gasteiger partial charge < -0.3 is 0 Å². The van der Waals surface area contributed by atoms with Crippen molar-refractivity contribution in [1.82, 2.24) is 4.90 Å². The van der Waals surface area contributed by atoms with Crippen molar-refractivity contribution in [2.45, 2.75) is 32.1 Å². The molecule has 0 aromatic rings. The molecule has 0 aromatic carbocycles. The lowest BCUT2D eigenvalue weighted by Gasteiger charge is -2.16. The topological polar surface area (TPSA) is 54.5 Å². The summed E-state index contributed by atoms with van der Waals surface area (Å²) in [7, 11) is 0. The van der Waals surface area contributed by atoms with Crippen molar-refractivity contribution in [3.63, 3.8) is 0 Å². The Morgan fingerprint density at radius 1 is 1.10 bits per heavy atom. The minimum atomic E-state index is -0.324. The third kappa shape index (κ3) is 2.20. The van der Waals surface area contributed by atoms with Crippen LogP contribution in [0.3, 0.4) is 0 Å². The third-order valence-electron chi connectivity index (χ3n) is 4.82. The summed E-state index contributed by atoms with van der Waals surface area (Å²) in [5, 5.41) is -0.324. The van der Waals surface area contributed by atoms with Gasteiger partial charge in [0.15, 0.2) is 0 Å². The number of allylic oxidation sites excluding steroid dienone is 2. The van der Waals surface area contributed by atoms with Crippen molar-refractivity contribution in [3.8, 4) is 0 Å². The molecule has 0 unspecified atom stereocenters. The number of hydrogen-bond donors (Lipinski definition) is 0. The van der Waals surface area contributed by atoms with E-state index in [4.69, 9.17) is 11.6 Å². The van der Waals surface area contributed by atoms with E-state index in [1.165, 1.54) is 4.90 Å². The van der Waals surface area contributed by atoms with Crippen molar-refractivity contribution in [3.05, 3.63) is 12.2 Å². The number of imide groups is 1. The summed E-state index contributed by atoms with van der Waals surface area (Å²) >= 11 is 5.27. The summed E-state index contributed by atoms with van der Waals surface area (Å²) in [6.07, 6.45) is 7.83. The molecule has 0 N–H and O–H groups in total. The summed E-state index contributed by atoms with van der Waals surface area (Å²) in [6, 6.07) is 0. The third-order valence-corrected chi connectivity index (χ3v) is 5.01. The fraction of sp³-hybridized carbons (Fsp3) is 0.667. The number of fused-ring (bicyclic) bond motifs is 5. The highest BCUT2D eigenvalue weighted by Crippen LogP contribution is 2.52. The molecule has 1 aliphatic heterocycles. The maximum Gasteiger partial charge on any atom is 0.233 e. The lowest BCUT2D eigenvalue weighted by atomic mass is 9.85. The molecular weight excluding hydrogens is 278 g/mol. The molecule has 108 valence electrons. The number of likely N-dealkylation sites (tertiary alicyclic amines) is 1. The fourth-order valence-electron chi connectivity index (χ4n) is 3.90. The molecule has 1 heterocycles. The molecule has 3 rings (SSSR count). The quantitative estimate of drug-likeness (QED) is 0.326. The van der Waals surface area contributed by atoms with Gasteiger partial charge >= 0.3 is 0 Å². The van der Waals surface area contributed by atoms with Crippen LogP contribution in [0.1, 0.15) is 32.1 Å². The van der Waals surface area contributed by atoms with Crippen LogP contribution < -0.4 is 0 Å². The zero-order valence-corrected chi connectivity index (χ0v) is 12.0. The molecule has 4 atom stereocenters. The molecule has 2 fully saturated rings. The van der Waals surface area contributed by atoms with E-state index in [0.29, 0.717) is 13.0 Å². The van der Waals surface area contributed by atoms with Gasteiger partial charge in [0.25, 0.3) is 0 Å². The lowest BCUT2D eigenvalue weighted by molar-refractivity contribution is -0.140. The molecule has 3 aliphatic rings. The minimum Gasteiger partial charge on any atom is -0.282 e. The molecule has 1 saturated carbocycles. The molecule has 2 aliphatic carbocycles. The molecule has 2 amide bonds. The van der Waals surface area contributed by atoms with E-state index < -0.39 is 0 Å². The van der Waals surface area contributed by atoms with Crippen LogP contribution in [0.5, 0.6) is 0 Å². The fourth-order valence-corrected chi connectivity index (χ4v) is 4.03. The number of nitrogens with zero attached hydrogens (tertiary/aromatic N) is 1. The molecule has 0 radical (unpaired) electrons. The summed E-state index contributed by atoms with van der Waals surface area (Å²) in [5.41, 5.74) is 0. The van der Waals surface area contributed by atoms with E-state index in [1.54, 1.807) is 0 Å². The van der Waals surface area contributed by atoms with Crippen LogP contribution >= 0.6 is 11.6 Å². The van der Waals surface area contributed by atoms with E-state index >= 15 is 0 Å². The maximum atomic E-state index is 12.4. The molecule has 2 bridgehead atoms. The predicted molar refractivity (Wildman–Crippen MR) is 73.8 cm³/mol. The van der Waals surface area contributed by atoms with Crippen molar-refractivity contribution in [2.24, 2.45) is 23.7 Å². The zero-order chi connectivity index (χ0) is 14.3. The lowest BCUT2D eigenvalue weighted by Crippen LogP contribution is -2.33. The second kappa shape index (κ2) is 5.32. The van der Waals surface area contributed by atoms with Gasteiger partial charge in [-0.3, -0.25) is 19.3 Å². The Bertz CT molecular complexity index is 458. The number of unbranched alkanes of at least 4 members (excludes halogenated alkanes) is 2. The Labute approximate surface area is 123 Å². The summed E-state index contributed by atoms with van der Waals surface area (Å²) in [6.45, 7) is 0.487. The average molecular weight is 296 g/mol. The molecule has 20 heavy (non-hydrogen) atoms. The number of hydrogen-bond acceptors (Lipinski definition) is 3. The molecule has 4 nitrogen and oxygen atoms in total. The summed E-state index contributed by atoms with van der Waals surface area (Å²) < 4.78 is 0. The van der Waals surface area contributed by atoms with E-state index in [9.17, 15) is 14.4 Å². The second-order valence-corrected chi connectivity index (χ2v) is 6.42. The number of carbonyl (C=O) groups is 3. The monoisotopic (exact) mass is 295 g/mol. The molecule has 0 aromatic heterocycles. The van der Waals surface area contributed by atoms with Gasteiger partial charge in [-0.25, -0.2) is 0 Å². The molecular formula is C15H18ClNO3. The average Bonchev–Trinajstić information content (AvgIpc) is 3.06. The Balaban J connectivity index is 1.53. The Morgan fingerprint density at radius 2 is 1.70 bits per heavy atom. The van der Waals surface area contributed by atoms with E-state index in [-0.39, 0.29) is 40.7 Å². The second-order valence-electron chi connectivity index (χ2n) is 5.99. The SMILES string of the molecule is O=C(Cl)CCCCCN1C(=O)[C@@H]2[C@H](C1=O)[C@@H]1C=C[C@H]2C1. The van der Waals surface area contributed by atoms with Crippen LogP contribution in [0.25, 0.3) is 0 Å². The zero-order valence-electron chi connectivity index (χ0n) is 11.3. The van der Waals surface area contributed by atoms with Gasteiger partial charge in [0.05, 0.1) is 11.8 Å². The Hall–Kier alpha value is -1.16. The van der Waals surface area contributed by atoms with E-state index in [0.717, 1.165) is 25.7 Å². The van der Waals surface area contributed by atoms with Gasteiger partial charge in [0.1, 0.15) is 0 Å². The van der Waals surface area contributed by atoms with Gasteiger partial charge in [-0.1, -0.05) is 18.6 Å². The van der Waals surface area contributed by atoms with E-state index in [1.807, 2.05) is 0 Å². The molecule has 1 saturated heterocycles. The number of halogens is 1. The van der Waals surface area contributed by atoms with Crippen molar-refractivity contribution in [1.29, 1.82) is 0 Å². The smallest absolute Gasteiger partial charge is 0.233 e. The first-order valence-electron chi connectivity index (χ1n) is 7.31. The van der Waals surface area contributed by atoms with Crippen LogP contribution in [0, 0.1) is 23.7 Å². The maximum absolute atomic E-state index is 12.4. The molecule has 5 heteroatoms. The first-order chi connectivity index (χ1) is 9.59. The van der Waals surface area contributed by atoms with Gasteiger partial charge in [-0.15, -0.1) is 0 Å². The summed E-state index contributed by atoms with van der Waals surface area (Å²) in [5.74, 6) is 0.403. The van der Waals surface area contributed by atoms with Gasteiger partial charge in [-0.2, -0.15) is 0 Å². The molecule has 0 spiro atoms. The normalized spacial score (nSPS) is 34.1. The van der Waals surface area contributed by atoms with Crippen LogP contribution in [0.15, 0.2) is 12.2 Å². The summed E-state index contributed by atoms with van der Waals surface area (Å²) in [4.78, 5) is 36.8. The van der Waals surface area contributed by atoms with Gasteiger partial charge in [0.2, 0.25) is 17.1 Å². The van der Waals surface area contributed by atoms with Crippen molar-refractivity contribution < 1.29 is 14.4 Å². The highest BCUT2D eigenvalue weighted by molar-refractivity contribution is 6.63. The Kier molecular flexibility index (Phi) is 3.67. The number of carbonyl (C=O) groups excluding carboxylic acids is 3. The highest BCUT2D eigenvalue weighted by Gasteiger charge is 2.58. The van der Waals surface area contributed by atoms with Crippen molar-refractivity contribution >= 4 is 28.7 Å². The Morgan fingerprint density at radius 3 is 2.25 bits per heavy atom. The van der Waals surface area contributed by atoms with Gasteiger partial charge in [0, 0.05) is 13.0 Å². The highest BCUT2D eigenvalue weighted by atomic mass is 35.5. The standard InChI is InChI=1S/C15H18ClNO3/c16-11(18)4-2-1-3-7-17-14(19)12-9-5-6-10(8-9)13(12)15(17)20/h5-6,9-10,12-13H,1-4,7-8H2/t9-,10+,12-,13+.